The number of ether oxygens (including phenoxy) is 1. The van der Waals surface area contributed by atoms with Crippen molar-refractivity contribution in [3.8, 4) is 22.8 Å². The van der Waals surface area contributed by atoms with E-state index in [1.807, 2.05) is 24.3 Å². The minimum absolute atomic E-state index is 0.202. The first-order chi connectivity index (χ1) is 18.5. The molecule has 1 amide bonds. The normalized spacial score (nSPS) is 15.3. The second-order valence-corrected chi connectivity index (χ2v) is 10.0. The van der Waals surface area contributed by atoms with Crippen LogP contribution in [-0.4, -0.2) is 44.9 Å². The van der Waals surface area contributed by atoms with E-state index < -0.39 is 12.0 Å². The second-order valence-electron chi connectivity index (χ2n) is 9.17. The second kappa shape index (κ2) is 10.6. The van der Waals surface area contributed by atoms with E-state index in [0.29, 0.717) is 27.0 Å². The quantitative estimate of drug-likeness (QED) is 0.282. The van der Waals surface area contributed by atoms with Gasteiger partial charge in [0.2, 0.25) is 0 Å². The van der Waals surface area contributed by atoms with E-state index in [2.05, 4.69) is 9.72 Å². The van der Waals surface area contributed by atoms with E-state index in [1.54, 1.807) is 39.9 Å². The zero-order chi connectivity index (χ0) is 27.8. The van der Waals surface area contributed by atoms with E-state index in [1.165, 1.54) is 12.1 Å². The Morgan fingerprint density at radius 2 is 1.59 bits per heavy atom. The van der Waals surface area contributed by atoms with Gasteiger partial charge in [-0.05, 0) is 66.9 Å². The van der Waals surface area contributed by atoms with Crippen LogP contribution in [0.15, 0.2) is 79.0 Å². The Bertz CT molecular complexity index is 1480. The molecule has 0 unspecified atom stereocenters. The third-order valence-electron chi connectivity index (χ3n) is 6.65. The molecule has 3 aromatic carbocycles. The molecular formula is C28H22Cl2F3N3O3. The fourth-order valence-electron chi connectivity index (χ4n) is 4.61. The number of carbonyl (C=O) groups excluding carboxylic acids is 1. The van der Waals surface area contributed by atoms with E-state index in [0.717, 1.165) is 17.8 Å². The van der Waals surface area contributed by atoms with Gasteiger partial charge in [0.1, 0.15) is 17.3 Å². The average Bonchev–Trinajstić information content (AvgIpc) is 3.34. The predicted molar refractivity (Wildman–Crippen MR) is 141 cm³/mol. The smallest absolute Gasteiger partial charge is 0.406 e. The molecule has 1 N–H and O–H groups in total. The summed E-state index contributed by atoms with van der Waals surface area (Å²) in [5.41, 5.74) is 0.765. The average molecular weight is 576 g/mol. The lowest BCUT2D eigenvalue weighted by Crippen LogP contribution is -2.45. The number of benzene rings is 3. The zero-order valence-corrected chi connectivity index (χ0v) is 21.8. The van der Waals surface area contributed by atoms with Gasteiger partial charge in [-0.3, -0.25) is 9.36 Å². The van der Waals surface area contributed by atoms with Gasteiger partial charge in [-0.15, -0.1) is 13.2 Å². The number of aromatic nitrogens is 2. The highest BCUT2D eigenvalue weighted by molar-refractivity contribution is 6.33. The van der Waals surface area contributed by atoms with Gasteiger partial charge >= 0.3 is 6.36 Å². The van der Waals surface area contributed by atoms with Crippen molar-refractivity contribution in [1.29, 1.82) is 0 Å². The van der Waals surface area contributed by atoms with Crippen molar-refractivity contribution in [2.24, 2.45) is 0 Å². The molecule has 1 aromatic heterocycles. The van der Waals surface area contributed by atoms with Crippen LogP contribution in [0.2, 0.25) is 10.0 Å². The Morgan fingerprint density at radius 3 is 2.21 bits per heavy atom. The summed E-state index contributed by atoms with van der Waals surface area (Å²) in [6.07, 6.45) is -2.75. The fourth-order valence-corrected chi connectivity index (χ4v) is 4.96. The lowest BCUT2D eigenvalue weighted by molar-refractivity contribution is -0.274. The summed E-state index contributed by atoms with van der Waals surface area (Å²) in [7, 11) is 0. The molecule has 202 valence electrons. The molecule has 0 spiro atoms. The highest BCUT2D eigenvalue weighted by Crippen LogP contribution is 2.35. The summed E-state index contributed by atoms with van der Waals surface area (Å²) in [6.45, 7) is 0.455. The summed E-state index contributed by atoms with van der Waals surface area (Å²) >= 11 is 12.5. The Morgan fingerprint density at radius 1 is 0.949 bits per heavy atom. The Labute approximate surface area is 232 Å². The van der Waals surface area contributed by atoms with Gasteiger partial charge in [0.05, 0.1) is 10.6 Å². The van der Waals surface area contributed by atoms with Crippen molar-refractivity contribution in [2.45, 2.75) is 24.8 Å². The zero-order valence-electron chi connectivity index (χ0n) is 20.3. The van der Waals surface area contributed by atoms with Crippen LogP contribution in [-0.2, 0) is 5.60 Å². The number of rotatable bonds is 5. The summed E-state index contributed by atoms with van der Waals surface area (Å²) in [5.74, 6) is -0.194. The number of hydrogen-bond donors (Lipinski definition) is 1. The number of nitrogens with zero attached hydrogens (tertiary/aromatic N) is 3. The largest absolute Gasteiger partial charge is 0.573 e. The highest BCUT2D eigenvalue weighted by atomic mass is 35.5. The van der Waals surface area contributed by atoms with Crippen LogP contribution in [0, 0.1) is 0 Å². The van der Waals surface area contributed by atoms with Gasteiger partial charge in [0.15, 0.2) is 0 Å². The molecule has 0 atom stereocenters. The summed E-state index contributed by atoms with van der Waals surface area (Å²) in [5, 5.41) is 12.2. The minimum Gasteiger partial charge on any atom is -0.406 e. The maximum absolute atomic E-state index is 13.5. The van der Waals surface area contributed by atoms with Crippen LogP contribution < -0.4 is 4.74 Å². The molecule has 4 aromatic rings. The molecule has 2 heterocycles. The van der Waals surface area contributed by atoms with Crippen molar-refractivity contribution in [2.75, 3.05) is 13.1 Å². The molecule has 0 aliphatic carbocycles. The number of aliphatic hydroxyl groups is 1. The maximum Gasteiger partial charge on any atom is 0.573 e. The molecule has 39 heavy (non-hydrogen) atoms. The van der Waals surface area contributed by atoms with E-state index in [-0.39, 0.29) is 43.3 Å². The molecule has 0 saturated carbocycles. The third-order valence-corrected chi connectivity index (χ3v) is 7.23. The van der Waals surface area contributed by atoms with Crippen LogP contribution in [0.4, 0.5) is 13.2 Å². The molecule has 5 rings (SSSR count). The van der Waals surface area contributed by atoms with Crippen LogP contribution in [0.25, 0.3) is 17.1 Å². The molecule has 1 aliphatic heterocycles. The van der Waals surface area contributed by atoms with Crippen molar-refractivity contribution in [1.82, 2.24) is 14.5 Å². The standard InChI is InChI=1S/C28H22Cl2F3N3O3/c29-19-7-9-20(10-8-19)36-17-24(34-25(36)22-3-1-2-4-23(22)30)26(37)35-15-13-27(38,14-16-35)18-5-11-21(12-6-18)39-28(31,32)33/h1-12,17,38H,13-16H2. The van der Waals surface area contributed by atoms with Gasteiger partial charge in [0.25, 0.3) is 5.91 Å². The maximum atomic E-state index is 13.5. The summed E-state index contributed by atoms with van der Waals surface area (Å²) in [6, 6.07) is 19.4. The van der Waals surface area contributed by atoms with Crippen molar-refractivity contribution in [3.05, 3.63) is 100 Å². The van der Waals surface area contributed by atoms with Gasteiger partial charge in [-0.1, -0.05) is 47.5 Å². The van der Waals surface area contributed by atoms with Crippen molar-refractivity contribution in [3.63, 3.8) is 0 Å². The molecule has 11 heteroatoms. The summed E-state index contributed by atoms with van der Waals surface area (Å²) in [4.78, 5) is 19.7. The number of likely N-dealkylation sites (tertiary alicyclic amines) is 1. The molecule has 1 fully saturated rings. The molecule has 0 radical (unpaired) electrons. The number of imidazole rings is 1. The molecule has 0 bridgehead atoms. The SMILES string of the molecule is O=C(c1cn(-c2ccc(Cl)cc2)c(-c2ccccc2Cl)n1)N1CCC(O)(c2ccc(OC(F)(F)F)cc2)CC1. The lowest BCUT2D eigenvalue weighted by atomic mass is 9.84. The van der Waals surface area contributed by atoms with Gasteiger partial charge in [-0.2, -0.15) is 0 Å². The Kier molecular flexibility index (Phi) is 7.33. The number of piperidine rings is 1. The van der Waals surface area contributed by atoms with E-state index in [4.69, 9.17) is 23.2 Å². The number of carbonyl (C=O) groups is 1. The van der Waals surface area contributed by atoms with Gasteiger partial charge in [-0.25, -0.2) is 4.98 Å². The third kappa shape index (κ3) is 5.90. The van der Waals surface area contributed by atoms with Crippen LogP contribution >= 0.6 is 23.2 Å². The first kappa shape index (κ1) is 27.1. The lowest BCUT2D eigenvalue weighted by Gasteiger charge is -2.38. The molecular weight excluding hydrogens is 554 g/mol. The van der Waals surface area contributed by atoms with Gasteiger partial charge in [0, 0.05) is 35.6 Å². The highest BCUT2D eigenvalue weighted by Gasteiger charge is 2.37. The Hall–Kier alpha value is -3.53. The fraction of sp³-hybridized carbons (Fsp3) is 0.214. The van der Waals surface area contributed by atoms with Crippen LogP contribution in [0.3, 0.4) is 0 Å². The van der Waals surface area contributed by atoms with E-state index >= 15 is 0 Å². The Balaban J connectivity index is 1.36. The predicted octanol–water partition coefficient (Wildman–Crippen LogP) is 6.87. The van der Waals surface area contributed by atoms with E-state index in [9.17, 15) is 23.1 Å². The van der Waals surface area contributed by atoms with Crippen LogP contribution in [0.1, 0.15) is 28.9 Å². The van der Waals surface area contributed by atoms with Crippen LogP contribution in [0.5, 0.6) is 5.75 Å². The molecule has 6 nitrogen and oxygen atoms in total. The minimum atomic E-state index is -4.80. The van der Waals surface area contributed by atoms with Crippen molar-refractivity contribution < 1.29 is 27.8 Å². The number of halogens is 5. The van der Waals surface area contributed by atoms with Gasteiger partial charge < -0.3 is 14.7 Å². The number of hydrogen-bond acceptors (Lipinski definition) is 4. The molecule has 1 saturated heterocycles. The topological polar surface area (TPSA) is 67.6 Å². The number of alkyl halides is 3. The molecule has 1 aliphatic rings. The first-order valence-electron chi connectivity index (χ1n) is 12.0. The first-order valence-corrected chi connectivity index (χ1v) is 12.8. The van der Waals surface area contributed by atoms with Crippen molar-refractivity contribution >= 4 is 29.1 Å². The monoisotopic (exact) mass is 575 g/mol. The number of amides is 1. The summed E-state index contributed by atoms with van der Waals surface area (Å²) < 4.78 is 43.1.